The number of hydrogen-bond acceptors (Lipinski definition) is 3. The summed E-state index contributed by atoms with van der Waals surface area (Å²) in [7, 11) is 1.79. The third kappa shape index (κ3) is 2.68. The Morgan fingerprint density at radius 2 is 2.17 bits per heavy atom. The van der Waals surface area contributed by atoms with E-state index in [4.69, 9.17) is 4.74 Å². The SMILES string of the molecule is COCCN(CC1Cc2ccccc2N1)C1CC1. The first-order valence-corrected chi connectivity index (χ1v) is 6.94. The summed E-state index contributed by atoms with van der Waals surface area (Å²) in [5, 5.41) is 3.64. The van der Waals surface area contributed by atoms with Crippen LogP contribution >= 0.6 is 0 Å². The van der Waals surface area contributed by atoms with Gasteiger partial charge in [-0.05, 0) is 30.9 Å². The van der Waals surface area contributed by atoms with Crippen LogP contribution in [0.2, 0.25) is 0 Å². The van der Waals surface area contributed by atoms with Crippen molar-refractivity contribution in [2.45, 2.75) is 31.3 Å². The number of benzene rings is 1. The predicted molar refractivity (Wildman–Crippen MR) is 74.0 cm³/mol. The lowest BCUT2D eigenvalue weighted by Gasteiger charge is -2.25. The molecular weight excluding hydrogens is 224 g/mol. The highest BCUT2D eigenvalue weighted by Gasteiger charge is 2.31. The second-order valence-electron chi connectivity index (χ2n) is 5.42. The number of nitrogens with one attached hydrogen (secondary N) is 1. The Hall–Kier alpha value is -1.06. The molecule has 1 heterocycles. The Morgan fingerprint density at radius 1 is 1.33 bits per heavy atom. The van der Waals surface area contributed by atoms with Gasteiger partial charge in [0, 0.05) is 38.0 Å². The van der Waals surface area contributed by atoms with E-state index >= 15 is 0 Å². The van der Waals surface area contributed by atoms with E-state index in [2.05, 4.69) is 34.5 Å². The van der Waals surface area contributed by atoms with Gasteiger partial charge in [0.1, 0.15) is 0 Å². The number of anilines is 1. The standard InChI is InChI=1S/C15H22N2O/c1-18-9-8-17(14-6-7-14)11-13-10-12-4-2-3-5-15(12)16-13/h2-5,13-14,16H,6-11H2,1H3. The van der Waals surface area contributed by atoms with Crippen molar-refractivity contribution in [1.82, 2.24) is 4.90 Å². The summed E-state index contributed by atoms with van der Waals surface area (Å²) in [5.74, 6) is 0. The topological polar surface area (TPSA) is 24.5 Å². The maximum absolute atomic E-state index is 5.21. The first-order valence-electron chi connectivity index (χ1n) is 6.94. The maximum atomic E-state index is 5.21. The minimum Gasteiger partial charge on any atom is -0.383 e. The number of rotatable bonds is 6. The first kappa shape index (κ1) is 12.0. The summed E-state index contributed by atoms with van der Waals surface area (Å²) in [6, 6.07) is 10.0. The second kappa shape index (κ2) is 5.29. The van der Waals surface area contributed by atoms with E-state index in [9.17, 15) is 0 Å². The molecule has 0 aromatic heterocycles. The fourth-order valence-corrected chi connectivity index (χ4v) is 2.84. The van der Waals surface area contributed by atoms with Crippen LogP contribution in [0.15, 0.2) is 24.3 Å². The van der Waals surface area contributed by atoms with Crippen LogP contribution in [0.1, 0.15) is 18.4 Å². The number of methoxy groups -OCH3 is 1. The quantitative estimate of drug-likeness (QED) is 0.832. The zero-order valence-electron chi connectivity index (χ0n) is 11.1. The van der Waals surface area contributed by atoms with Gasteiger partial charge in [-0.15, -0.1) is 0 Å². The average Bonchev–Trinajstić information content (AvgIpc) is 3.14. The monoisotopic (exact) mass is 246 g/mol. The molecule has 98 valence electrons. The van der Waals surface area contributed by atoms with E-state index in [1.54, 1.807) is 7.11 Å². The lowest BCUT2D eigenvalue weighted by molar-refractivity contribution is 0.141. The molecule has 0 bridgehead atoms. The second-order valence-corrected chi connectivity index (χ2v) is 5.42. The largest absolute Gasteiger partial charge is 0.383 e. The van der Waals surface area contributed by atoms with Crippen LogP contribution < -0.4 is 5.32 Å². The molecule has 2 aliphatic rings. The van der Waals surface area contributed by atoms with Crippen molar-refractivity contribution >= 4 is 5.69 Å². The molecule has 1 aromatic carbocycles. The molecule has 1 aliphatic heterocycles. The van der Waals surface area contributed by atoms with Crippen molar-refractivity contribution in [2.24, 2.45) is 0 Å². The van der Waals surface area contributed by atoms with E-state index in [0.717, 1.165) is 32.2 Å². The van der Waals surface area contributed by atoms with Crippen molar-refractivity contribution < 1.29 is 4.74 Å². The Labute approximate surface area is 109 Å². The molecule has 3 rings (SSSR count). The van der Waals surface area contributed by atoms with Crippen molar-refractivity contribution in [3.63, 3.8) is 0 Å². The molecule has 1 aromatic rings. The fourth-order valence-electron chi connectivity index (χ4n) is 2.84. The van der Waals surface area contributed by atoms with Gasteiger partial charge in [-0.2, -0.15) is 0 Å². The predicted octanol–water partition coefficient (Wildman–Crippen LogP) is 2.13. The highest BCUT2D eigenvalue weighted by molar-refractivity contribution is 5.56. The first-order chi connectivity index (χ1) is 8.86. The van der Waals surface area contributed by atoms with Crippen LogP contribution in [-0.2, 0) is 11.2 Å². The molecule has 1 atom stereocenters. The molecule has 1 aliphatic carbocycles. The molecule has 3 nitrogen and oxygen atoms in total. The van der Waals surface area contributed by atoms with Gasteiger partial charge in [-0.25, -0.2) is 0 Å². The molecule has 0 radical (unpaired) electrons. The molecule has 1 N–H and O–H groups in total. The molecule has 3 heteroatoms. The van der Waals surface area contributed by atoms with Gasteiger partial charge in [-0.1, -0.05) is 18.2 Å². The summed E-state index contributed by atoms with van der Waals surface area (Å²) in [6.45, 7) is 3.05. The van der Waals surface area contributed by atoms with Crippen LogP contribution in [0.3, 0.4) is 0 Å². The van der Waals surface area contributed by atoms with Crippen molar-refractivity contribution in [3.8, 4) is 0 Å². The smallest absolute Gasteiger partial charge is 0.0589 e. The number of nitrogens with zero attached hydrogens (tertiary/aromatic N) is 1. The van der Waals surface area contributed by atoms with Gasteiger partial charge in [0.25, 0.3) is 0 Å². The van der Waals surface area contributed by atoms with Crippen LogP contribution in [0.5, 0.6) is 0 Å². The lowest BCUT2D eigenvalue weighted by atomic mass is 10.1. The lowest BCUT2D eigenvalue weighted by Crippen LogP contribution is -2.39. The molecule has 0 amide bonds. The Kier molecular flexibility index (Phi) is 3.52. The zero-order valence-corrected chi connectivity index (χ0v) is 11.1. The highest BCUT2D eigenvalue weighted by atomic mass is 16.5. The fraction of sp³-hybridized carbons (Fsp3) is 0.600. The van der Waals surface area contributed by atoms with Gasteiger partial charge in [0.2, 0.25) is 0 Å². The number of hydrogen-bond donors (Lipinski definition) is 1. The Balaban J connectivity index is 1.57. The minimum atomic E-state index is 0.569. The van der Waals surface area contributed by atoms with Gasteiger partial charge >= 0.3 is 0 Å². The van der Waals surface area contributed by atoms with E-state index in [1.807, 2.05) is 0 Å². The summed E-state index contributed by atoms with van der Waals surface area (Å²) < 4.78 is 5.21. The van der Waals surface area contributed by atoms with E-state index < -0.39 is 0 Å². The van der Waals surface area contributed by atoms with Crippen molar-refractivity contribution in [2.75, 3.05) is 32.1 Å². The number of fused-ring (bicyclic) bond motifs is 1. The normalized spacial score (nSPS) is 22.0. The highest BCUT2D eigenvalue weighted by Crippen LogP contribution is 2.30. The maximum Gasteiger partial charge on any atom is 0.0589 e. The Morgan fingerprint density at radius 3 is 2.89 bits per heavy atom. The third-order valence-electron chi connectivity index (χ3n) is 3.94. The molecule has 18 heavy (non-hydrogen) atoms. The molecule has 1 fully saturated rings. The molecule has 0 spiro atoms. The summed E-state index contributed by atoms with van der Waals surface area (Å²) in [4.78, 5) is 2.59. The average molecular weight is 246 g/mol. The van der Waals surface area contributed by atoms with Crippen molar-refractivity contribution in [3.05, 3.63) is 29.8 Å². The third-order valence-corrected chi connectivity index (χ3v) is 3.94. The summed E-state index contributed by atoms with van der Waals surface area (Å²) >= 11 is 0. The minimum absolute atomic E-state index is 0.569. The van der Waals surface area contributed by atoms with Gasteiger partial charge in [0.05, 0.1) is 6.61 Å². The van der Waals surface area contributed by atoms with Crippen molar-refractivity contribution in [1.29, 1.82) is 0 Å². The molecular formula is C15H22N2O. The van der Waals surface area contributed by atoms with Gasteiger partial charge in [-0.3, -0.25) is 4.90 Å². The van der Waals surface area contributed by atoms with Crippen LogP contribution in [-0.4, -0.2) is 43.8 Å². The van der Waals surface area contributed by atoms with Gasteiger partial charge < -0.3 is 10.1 Å². The van der Waals surface area contributed by atoms with Gasteiger partial charge in [0.15, 0.2) is 0 Å². The van der Waals surface area contributed by atoms with Crippen LogP contribution in [0.4, 0.5) is 5.69 Å². The molecule has 1 unspecified atom stereocenters. The van der Waals surface area contributed by atoms with Crippen LogP contribution in [0, 0.1) is 0 Å². The molecule has 1 saturated carbocycles. The molecule has 0 saturated heterocycles. The van der Waals surface area contributed by atoms with E-state index in [1.165, 1.54) is 24.1 Å². The summed E-state index contributed by atoms with van der Waals surface area (Å²) in [6.07, 6.45) is 3.89. The zero-order chi connectivity index (χ0) is 12.4. The van der Waals surface area contributed by atoms with E-state index in [-0.39, 0.29) is 0 Å². The number of para-hydroxylation sites is 1. The van der Waals surface area contributed by atoms with Crippen LogP contribution in [0.25, 0.3) is 0 Å². The summed E-state index contributed by atoms with van der Waals surface area (Å²) in [5.41, 5.74) is 2.79. The van der Waals surface area contributed by atoms with E-state index in [0.29, 0.717) is 6.04 Å². The number of ether oxygens (including phenoxy) is 1. The Bertz CT molecular complexity index is 378.